The standard InChI is InChI=1S/C36H46N4O7/c1-22(2)23-9-11-28-24(15-23)10-12-31-35(28,3)13-8-14-36(31,4)33(41)46-21-25-18-39(38-37-25)19-27-20-40(34(42)47-27)26-16-29(43-5)32(45-7)30(17-26)44-6/h9,11,15-18,22,27,31H,8,10,12-14,19-21H2,1-7H3/t27?,31-,35-,36-/m1/s1. The van der Waals surface area contributed by atoms with E-state index in [0.717, 1.165) is 32.1 Å². The number of cyclic esters (lactones) is 1. The van der Waals surface area contributed by atoms with Crippen LogP contribution in [0.3, 0.4) is 0 Å². The maximum Gasteiger partial charge on any atom is 0.414 e. The third-order valence-electron chi connectivity index (χ3n) is 10.7. The van der Waals surface area contributed by atoms with Gasteiger partial charge in [-0.15, -0.1) is 5.10 Å². The molecule has 0 N–H and O–H groups in total. The first-order valence-corrected chi connectivity index (χ1v) is 16.5. The molecule has 1 amide bonds. The molecule has 0 bridgehead atoms. The molecule has 11 nitrogen and oxygen atoms in total. The second-order valence-corrected chi connectivity index (χ2v) is 13.9. The van der Waals surface area contributed by atoms with Gasteiger partial charge < -0.3 is 23.7 Å². The lowest BCUT2D eigenvalue weighted by atomic mass is 9.49. The van der Waals surface area contributed by atoms with Crippen molar-refractivity contribution in [3.8, 4) is 17.2 Å². The molecule has 47 heavy (non-hydrogen) atoms. The highest BCUT2D eigenvalue weighted by Crippen LogP contribution is 2.58. The van der Waals surface area contributed by atoms with Crippen molar-refractivity contribution in [2.75, 3.05) is 32.8 Å². The maximum absolute atomic E-state index is 13.8. The number of aryl methyl sites for hydroxylation is 1. The van der Waals surface area contributed by atoms with Gasteiger partial charge >= 0.3 is 12.1 Å². The Morgan fingerprint density at radius 2 is 1.81 bits per heavy atom. The van der Waals surface area contributed by atoms with Crippen LogP contribution in [0.5, 0.6) is 17.2 Å². The lowest BCUT2D eigenvalue weighted by Crippen LogP contribution is -2.52. The molecule has 252 valence electrons. The number of benzene rings is 2. The van der Waals surface area contributed by atoms with Crippen molar-refractivity contribution in [1.82, 2.24) is 15.0 Å². The molecule has 0 spiro atoms. The molecule has 1 saturated carbocycles. The molecule has 3 aromatic rings. The minimum atomic E-state index is -0.578. The molecule has 11 heteroatoms. The lowest BCUT2D eigenvalue weighted by Gasteiger charge is -2.54. The molecular formula is C36H46N4O7. The molecule has 2 aliphatic carbocycles. The van der Waals surface area contributed by atoms with Gasteiger partial charge in [0.25, 0.3) is 0 Å². The molecule has 4 atom stereocenters. The van der Waals surface area contributed by atoms with Crippen molar-refractivity contribution in [1.29, 1.82) is 0 Å². The Bertz CT molecular complexity index is 1630. The maximum atomic E-state index is 13.8. The first-order valence-electron chi connectivity index (χ1n) is 16.5. The molecule has 6 rings (SSSR count). The Hall–Kier alpha value is -4.28. The van der Waals surface area contributed by atoms with Crippen molar-refractivity contribution in [2.45, 2.75) is 90.4 Å². The number of esters is 1. The zero-order chi connectivity index (χ0) is 33.5. The fraction of sp³-hybridized carbons (Fsp3) is 0.556. The SMILES string of the molecule is COc1cc(N2CC(Cn3cc(COC(=O)[C@]4(C)CCC[C@]5(C)c6ccc(C(C)C)cc6CC[C@@H]45)nn3)OC2=O)cc(OC)c1OC. The van der Waals surface area contributed by atoms with Crippen LogP contribution in [0, 0.1) is 11.3 Å². The number of nitrogens with zero attached hydrogens (tertiary/aromatic N) is 4. The van der Waals surface area contributed by atoms with Gasteiger partial charge in [-0.3, -0.25) is 9.69 Å². The Kier molecular flexibility index (Phi) is 8.84. The van der Waals surface area contributed by atoms with E-state index in [4.69, 9.17) is 23.7 Å². The van der Waals surface area contributed by atoms with Crippen molar-refractivity contribution < 1.29 is 33.3 Å². The second-order valence-electron chi connectivity index (χ2n) is 13.9. The van der Waals surface area contributed by atoms with Gasteiger partial charge in [-0.25, -0.2) is 9.48 Å². The van der Waals surface area contributed by atoms with Crippen molar-refractivity contribution >= 4 is 17.7 Å². The number of carbonyl (C=O) groups is 2. The van der Waals surface area contributed by atoms with Gasteiger partial charge in [-0.1, -0.05) is 50.6 Å². The van der Waals surface area contributed by atoms with E-state index in [2.05, 4.69) is 56.2 Å². The van der Waals surface area contributed by atoms with Crippen molar-refractivity contribution in [3.63, 3.8) is 0 Å². The smallest absolute Gasteiger partial charge is 0.414 e. The van der Waals surface area contributed by atoms with Crippen molar-refractivity contribution in [2.24, 2.45) is 11.3 Å². The van der Waals surface area contributed by atoms with E-state index in [-0.39, 0.29) is 23.9 Å². The van der Waals surface area contributed by atoms with E-state index in [0.29, 0.717) is 47.6 Å². The van der Waals surface area contributed by atoms with Gasteiger partial charge in [0.1, 0.15) is 18.4 Å². The zero-order valence-corrected chi connectivity index (χ0v) is 28.5. The summed E-state index contributed by atoms with van der Waals surface area (Å²) < 4.78 is 29.5. The Balaban J connectivity index is 1.09. The Morgan fingerprint density at radius 1 is 1.06 bits per heavy atom. The predicted octanol–water partition coefficient (Wildman–Crippen LogP) is 6.21. The second kappa shape index (κ2) is 12.7. The average Bonchev–Trinajstić information content (AvgIpc) is 3.67. The first kappa shape index (κ1) is 32.7. The largest absolute Gasteiger partial charge is 0.493 e. The van der Waals surface area contributed by atoms with E-state index in [1.54, 1.807) is 23.0 Å². The number of amides is 1. The Morgan fingerprint density at radius 3 is 2.49 bits per heavy atom. The highest BCUT2D eigenvalue weighted by Gasteiger charge is 2.55. The monoisotopic (exact) mass is 646 g/mol. The quantitative estimate of drug-likeness (QED) is 0.237. The summed E-state index contributed by atoms with van der Waals surface area (Å²) in [5.41, 5.74) is 4.67. The molecular weight excluding hydrogens is 600 g/mol. The van der Waals surface area contributed by atoms with Crippen LogP contribution in [0.1, 0.15) is 81.7 Å². The van der Waals surface area contributed by atoms with Gasteiger partial charge in [0, 0.05) is 12.1 Å². The van der Waals surface area contributed by atoms with E-state index < -0.39 is 17.6 Å². The van der Waals surface area contributed by atoms with Crippen LogP contribution in [-0.4, -0.2) is 61.0 Å². The fourth-order valence-corrected chi connectivity index (χ4v) is 8.17. The highest BCUT2D eigenvalue weighted by atomic mass is 16.6. The van der Waals surface area contributed by atoms with Crippen LogP contribution in [0.2, 0.25) is 0 Å². The molecule has 3 aliphatic rings. The lowest BCUT2D eigenvalue weighted by molar-refractivity contribution is -0.166. The Labute approximate surface area is 276 Å². The highest BCUT2D eigenvalue weighted by molar-refractivity contribution is 5.90. The van der Waals surface area contributed by atoms with E-state index in [9.17, 15) is 9.59 Å². The number of aromatic nitrogens is 3. The van der Waals surface area contributed by atoms with Crippen LogP contribution in [0.25, 0.3) is 0 Å². The summed E-state index contributed by atoms with van der Waals surface area (Å²) in [4.78, 5) is 28.1. The minimum absolute atomic E-state index is 0.0359. The molecule has 2 fully saturated rings. The topological polar surface area (TPSA) is 114 Å². The molecule has 2 aromatic carbocycles. The number of methoxy groups -OCH3 is 3. The number of ether oxygens (including phenoxy) is 5. The van der Waals surface area contributed by atoms with E-state index >= 15 is 0 Å². The summed E-state index contributed by atoms with van der Waals surface area (Å²) in [5, 5.41) is 8.46. The zero-order valence-electron chi connectivity index (χ0n) is 28.5. The summed E-state index contributed by atoms with van der Waals surface area (Å²) >= 11 is 0. The summed E-state index contributed by atoms with van der Waals surface area (Å²) in [5.74, 6) is 1.84. The van der Waals surface area contributed by atoms with Gasteiger partial charge in [0.05, 0.1) is 51.7 Å². The summed E-state index contributed by atoms with van der Waals surface area (Å²) in [6, 6.07) is 10.4. The third-order valence-corrected chi connectivity index (χ3v) is 10.7. The van der Waals surface area contributed by atoms with Crippen LogP contribution >= 0.6 is 0 Å². The predicted molar refractivity (Wildman–Crippen MR) is 175 cm³/mol. The minimum Gasteiger partial charge on any atom is -0.493 e. The first-order chi connectivity index (χ1) is 22.5. The van der Waals surface area contributed by atoms with E-state index in [1.165, 1.54) is 42.9 Å². The molecule has 0 radical (unpaired) electrons. The van der Waals surface area contributed by atoms with E-state index in [1.807, 2.05) is 0 Å². The van der Waals surface area contributed by atoms with Crippen molar-refractivity contribution in [3.05, 3.63) is 58.9 Å². The van der Waals surface area contributed by atoms with Crippen LogP contribution in [0.15, 0.2) is 36.5 Å². The molecule has 1 aromatic heterocycles. The number of rotatable bonds is 10. The number of hydrogen-bond acceptors (Lipinski definition) is 9. The average molecular weight is 647 g/mol. The molecule has 1 unspecified atom stereocenters. The van der Waals surface area contributed by atoms with Crippen LogP contribution < -0.4 is 19.1 Å². The fourth-order valence-electron chi connectivity index (χ4n) is 8.17. The molecule has 1 saturated heterocycles. The number of fused-ring (bicyclic) bond motifs is 3. The van der Waals surface area contributed by atoms with Gasteiger partial charge in [0.2, 0.25) is 5.75 Å². The normalized spacial score (nSPS) is 25.2. The third kappa shape index (κ3) is 5.89. The number of anilines is 1. The molecule has 1 aliphatic heterocycles. The van der Waals surface area contributed by atoms with Crippen LogP contribution in [-0.2, 0) is 39.3 Å². The summed E-state index contributed by atoms with van der Waals surface area (Å²) in [7, 11) is 4.57. The van der Waals surface area contributed by atoms with Gasteiger partial charge in [-0.2, -0.15) is 0 Å². The summed E-state index contributed by atoms with van der Waals surface area (Å²) in [6.45, 7) is 9.53. The van der Waals surface area contributed by atoms with Gasteiger partial charge in [0.15, 0.2) is 11.5 Å². The molecule has 2 heterocycles. The number of carbonyl (C=O) groups excluding carboxylic acids is 2. The number of hydrogen-bond donors (Lipinski definition) is 0. The summed E-state index contributed by atoms with van der Waals surface area (Å²) in [6.07, 6.45) is 5.60. The van der Waals surface area contributed by atoms with Gasteiger partial charge in [-0.05, 0) is 66.5 Å². The van der Waals surface area contributed by atoms with Crippen LogP contribution in [0.4, 0.5) is 10.5 Å².